The summed E-state index contributed by atoms with van der Waals surface area (Å²) in [5.41, 5.74) is 0.601. The Hall–Kier alpha value is -2.02. The summed E-state index contributed by atoms with van der Waals surface area (Å²) in [6, 6.07) is 1.40. The van der Waals surface area contributed by atoms with E-state index in [1.165, 1.54) is 12.3 Å². The van der Waals surface area contributed by atoms with Crippen molar-refractivity contribution in [3.05, 3.63) is 33.7 Å². The maximum absolute atomic E-state index is 11.6. The first-order valence-corrected chi connectivity index (χ1v) is 5.02. The Morgan fingerprint density at radius 3 is 2.94 bits per heavy atom. The first-order chi connectivity index (χ1) is 7.65. The van der Waals surface area contributed by atoms with Gasteiger partial charge in [0.05, 0.1) is 0 Å². The zero-order chi connectivity index (χ0) is 12.0. The third-order valence-electron chi connectivity index (χ3n) is 2.01. The number of hydrogen-bond acceptors (Lipinski definition) is 2. The van der Waals surface area contributed by atoms with Crippen molar-refractivity contribution in [2.75, 3.05) is 6.54 Å². The number of carbonyl (C=O) groups is 1. The largest absolute Gasteiger partial charge is 0.364 e. The van der Waals surface area contributed by atoms with E-state index in [4.69, 9.17) is 0 Å². The minimum Gasteiger partial charge on any atom is -0.364 e. The van der Waals surface area contributed by atoms with Gasteiger partial charge in [-0.15, -0.1) is 11.8 Å². The van der Waals surface area contributed by atoms with Crippen LogP contribution in [-0.4, -0.2) is 17.4 Å². The van der Waals surface area contributed by atoms with Crippen LogP contribution in [0.5, 0.6) is 0 Å². The molecule has 0 bridgehead atoms. The van der Waals surface area contributed by atoms with Crippen LogP contribution >= 0.6 is 0 Å². The molecule has 0 radical (unpaired) electrons. The number of aromatic amines is 1. The van der Waals surface area contributed by atoms with Crippen molar-refractivity contribution < 1.29 is 4.79 Å². The molecule has 1 rings (SSSR count). The van der Waals surface area contributed by atoms with Gasteiger partial charge in [0, 0.05) is 30.9 Å². The smallest absolute Gasteiger partial charge is 0.256 e. The van der Waals surface area contributed by atoms with Crippen molar-refractivity contribution in [1.82, 2.24) is 10.3 Å². The molecule has 1 aromatic heterocycles. The molecule has 4 nitrogen and oxygen atoms in total. The van der Waals surface area contributed by atoms with Crippen molar-refractivity contribution in [1.29, 1.82) is 0 Å². The maximum Gasteiger partial charge on any atom is 0.256 e. The topological polar surface area (TPSA) is 62.0 Å². The Morgan fingerprint density at radius 2 is 2.31 bits per heavy atom. The van der Waals surface area contributed by atoms with Crippen LogP contribution in [0.2, 0.25) is 0 Å². The van der Waals surface area contributed by atoms with Crippen LogP contribution in [0, 0.1) is 18.8 Å². The zero-order valence-electron chi connectivity index (χ0n) is 9.39. The number of H-pyrrole nitrogens is 1. The van der Waals surface area contributed by atoms with Crippen LogP contribution in [0.25, 0.3) is 0 Å². The predicted molar refractivity (Wildman–Crippen MR) is 62.2 cm³/mol. The molecule has 16 heavy (non-hydrogen) atoms. The molecule has 1 heterocycles. The van der Waals surface area contributed by atoms with Gasteiger partial charge in [0.15, 0.2) is 5.43 Å². The fourth-order valence-corrected chi connectivity index (χ4v) is 1.21. The number of aromatic nitrogens is 1. The summed E-state index contributed by atoms with van der Waals surface area (Å²) in [6.07, 6.45) is 2.02. The standard InChI is InChI=1S/C12H14N2O2/c1-3-4-5-6-13-12(16)10-8-14-9(2)7-11(10)15/h7-8H,5-6H2,1-2H3,(H,13,16)(H,14,15). The van der Waals surface area contributed by atoms with Gasteiger partial charge in [-0.2, -0.15) is 0 Å². The summed E-state index contributed by atoms with van der Waals surface area (Å²) in [6.45, 7) is 3.96. The molecule has 1 aromatic rings. The molecule has 0 fully saturated rings. The van der Waals surface area contributed by atoms with E-state index in [1.54, 1.807) is 13.8 Å². The molecule has 84 valence electrons. The predicted octanol–water partition coefficient (Wildman–Crippen LogP) is 0.827. The van der Waals surface area contributed by atoms with Gasteiger partial charge in [0.25, 0.3) is 5.91 Å². The monoisotopic (exact) mass is 218 g/mol. The van der Waals surface area contributed by atoms with E-state index in [0.29, 0.717) is 13.0 Å². The lowest BCUT2D eigenvalue weighted by Crippen LogP contribution is -2.29. The van der Waals surface area contributed by atoms with Crippen LogP contribution in [0.1, 0.15) is 29.4 Å². The minimum absolute atomic E-state index is 0.134. The fraction of sp³-hybridized carbons (Fsp3) is 0.333. The molecule has 0 atom stereocenters. The molecule has 0 saturated heterocycles. The Labute approximate surface area is 94.1 Å². The molecule has 0 unspecified atom stereocenters. The van der Waals surface area contributed by atoms with E-state index in [2.05, 4.69) is 22.1 Å². The van der Waals surface area contributed by atoms with Crippen molar-refractivity contribution in [2.45, 2.75) is 20.3 Å². The van der Waals surface area contributed by atoms with Crippen molar-refractivity contribution in [3.8, 4) is 11.8 Å². The SMILES string of the molecule is CC#CCCNC(=O)c1c[nH]c(C)cc1=O. The Morgan fingerprint density at radius 1 is 1.56 bits per heavy atom. The van der Waals surface area contributed by atoms with E-state index >= 15 is 0 Å². The van der Waals surface area contributed by atoms with Crippen LogP contribution in [-0.2, 0) is 0 Å². The van der Waals surface area contributed by atoms with Gasteiger partial charge in [-0.1, -0.05) is 0 Å². The Balaban J connectivity index is 2.65. The number of amides is 1. The molecule has 1 amide bonds. The van der Waals surface area contributed by atoms with Crippen LogP contribution in [0.15, 0.2) is 17.1 Å². The Bertz CT molecular complexity index is 492. The molecule has 4 heteroatoms. The third kappa shape index (κ3) is 3.28. The van der Waals surface area contributed by atoms with Crippen molar-refractivity contribution in [2.24, 2.45) is 0 Å². The summed E-state index contributed by atoms with van der Waals surface area (Å²) in [5.74, 6) is 5.20. The number of hydrogen-bond donors (Lipinski definition) is 2. The summed E-state index contributed by atoms with van der Waals surface area (Å²) >= 11 is 0. The zero-order valence-corrected chi connectivity index (χ0v) is 9.39. The van der Waals surface area contributed by atoms with Gasteiger partial charge in [-0.3, -0.25) is 9.59 Å². The maximum atomic E-state index is 11.6. The van der Waals surface area contributed by atoms with Gasteiger partial charge in [0.1, 0.15) is 5.56 Å². The molecule has 0 aliphatic heterocycles. The summed E-state index contributed by atoms with van der Waals surface area (Å²) in [5, 5.41) is 2.63. The molecule has 0 aromatic carbocycles. The highest BCUT2D eigenvalue weighted by Gasteiger charge is 2.08. The summed E-state index contributed by atoms with van der Waals surface area (Å²) in [7, 11) is 0. The number of pyridine rings is 1. The number of carbonyl (C=O) groups excluding carboxylic acids is 1. The van der Waals surface area contributed by atoms with Crippen LogP contribution in [0.4, 0.5) is 0 Å². The highest BCUT2D eigenvalue weighted by Crippen LogP contribution is 1.92. The minimum atomic E-state index is -0.362. The fourth-order valence-electron chi connectivity index (χ4n) is 1.21. The third-order valence-corrected chi connectivity index (χ3v) is 2.01. The number of aryl methyl sites for hydroxylation is 1. The second kappa shape index (κ2) is 5.76. The van der Waals surface area contributed by atoms with Crippen LogP contribution < -0.4 is 10.7 Å². The average Bonchev–Trinajstić information content (AvgIpc) is 2.24. The first-order valence-electron chi connectivity index (χ1n) is 5.02. The second-order valence-corrected chi connectivity index (χ2v) is 3.33. The van der Waals surface area contributed by atoms with E-state index in [1.807, 2.05) is 0 Å². The van der Waals surface area contributed by atoms with Gasteiger partial charge >= 0.3 is 0 Å². The molecular weight excluding hydrogens is 204 g/mol. The number of nitrogens with one attached hydrogen (secondary N) is 2. The highest BCUT2D eigenvalue weighted by atomic mass is 16.2. The average molecular weight is 218 g/mol. The molecule has 0 aliphatic carbocycles. The molecule has 2 N–H and O–H groups in total. The van der Waals surface area contributed by atoms with E-state index in [-0.39, 0.29) is 16.9 Å². The van der Waals surface area contributed by atoms with Gasteiger partial charge in [-0.25, -0.2) is 0 Å². The summed E-state index contributed by atoms with van der Waals surface area (Å²) < 4.78 is 0. The van der Waals surface area contributed by atoms with E-state index in [0.717, 1.165) is 5.69 Å². The summed E-state index contributed by atoms with van der Waals surface area (Å²) in [4.78, 5) is 25.9. The van der Waals surface area contributed by atoms with Crippen molar-refractivity contribution in [3.63, 3.8) is 0 Å². The molecule has 0 saturated carbocycles. The molecular formula is C12H14N2O2. The Kier molecular flexibility index (Phi) is 4.34. The number of rotatable bonds is 3. The first kappa shape index (κ1) is 12.1. The van der Waals surface area contributed by atoms with Gasteiger partial charge in [0.2, 0.25) is 0 Å². The quantitative estimate of drug-likeness (QED) is 0.583. The van der Waals surface area contributed by atoms with Crippen molar-refractivity contribution >= 4 is 5.91 Å². The van der Waals surface area contributed by atoms with E-state index < -0.39 is 0 Å². The van der Waals surface area contributed by atoms with E-state index in [9.17, 15) is 9.59 Å². The van der Waals surface area contributed by atoms with Gasteiger partial charge < -0.3 is 10.3 Å². The highest BCUT2D eigenvalue weighted by molar-refractivity contribution is 5.93. The molecule has 0 aliphatic rings. The lowest BCUT2D eigenvalue weighted by molar-refractivity contribution is 0.0953. The lowest BCUT2D eigenvalue weighted by Gasteiger charge is -2.02. The lowest BCUT2D eigenvalue weighted by atomic mass is 10.2. The normalized spacial score (nSPS) is 9.12. The molecule has 0 spiro atoms. The second-order valence-electron chi connectivity index (χ2n) is 3.33. The van der Waals surface area contributed by atoms with Crippen LogP contribution in [0.3, 0.4) is 0 Å². The van der Waals surface area contributed by atoms with Gasteiger partial charge in [-0.05, 0) is 13.8 Å².